The van der Waals surface area contributed by atoms with Crippen molar-refractivity contribution in [3.63, 3.8) is 0 Å². The Labute approximate surface area is 189 Å². The third-order valence-electron chi connectivity index (χ3n) is 4.86. The Balaban J connectivity index is 1.34. The highest BCUT2D eigenvalue weighted by Gasteiger charge is 2.07. The first-order valence-electron chi connectivity index (χ1n) is 10.7. The van der Waals surface area contributed by atoms with E-state index in [1.54, 1.807) is 19.2 Å². The second-order valence-electron chi connectivity index (χ2n) is 7.28. The first-order valence-corrected chi connectivity index (χ1v) is 10.7. The fraction of sp³-hybridized carbons (Fsp3) is 0.269. The number of nitrogens with one attached hydrogen (secondary N) is 1. The molecule has 0 aliphatic heterocycles. The zero-order valence-corrected chi connectivity index (χ0v) is 18.4. The molecule has 3 rings (SSSR count). The Morgan fingerprint density at radius 3 is 2.12 bits per heavy atom. The van der Waals surface area contributed by atoms with Gasteiger partial charge in [-0.05, 0) is 61.2 Å². The van der Waals surface area contributed by atoms with Crippen molar-refractivity contribution >= 4 is 5.84 Å². The third-order valence-corrected chi connectivity index (χ3v) is 4.86. The maximum atomic E-state index is 7.40. The molecule has 0 aromatic heterocycles. The first kappa shape index (κ1) is 23.0. The molecule has 0 aliphatic carbocycles. The summed E-state index contributed by atoms with van der Waals surface area (Å²) < 4.78 is 22.9. The average Bonchev–Trinajstić information content (AvgIpc) is 2.83. The first-order chi connectivity index (χ1) is 15.7. The monoisotopic (exact) mass is 434 g/mol. The Morgan fingerprint density at radius 2 is 1.44 bits per heavy atom. The van der Waals surface area contributed by atoms with E-state index in [1.807, 2.05) is 60.7 Å². The lowest BCUT2D eigenvalue weighted by molar-refractivity contribution is 0.267. The second-order valence-corrected chi connectivity index (χ2v) is 7.28. The number of nitrogens with two attached hydrogens (primary N) is 1. The maximum Gasteiger partial charge on any atom is 0.164 e. The van der Waals surface area contributed by atoms with Crippen LogP contribution in [-0.4, -0.2) is 26.2 Å². The van der Waals surface area contributed by atoms with Gasteiger partial charge >= 0.3 is 0 Å². The molecule has 6 nitrogen and oxygen atoms in total. The summed E-state index contributed by atoms with van der Waals surface area (Å²) >= 11 is 0. The van der Waals surface area contributed by atoms with Crippen LogP contribution in [0.3, 0.4) is 0 Å². The van der Waals surface area contributed by atoms with Gasteiger partial charge in [0.2, 0.25) is 0 Å². The van der Waals surface area contributed by atoms with E-state index in [-0.39, 0.29) is 5.84 Å². The molecule has 0 radical (unpaired) electrons. The molecular formula is C26H30N2O4. The number of methoxy groups -OCH3 is 1. The van der Waals surface area contributed by atoms with E-state index in [9.17, 15) is 0 Å². The van der Waals surface area contributed by atoms with Gasteiger partial charge < -0.3 is 24.7 Å². The van der Waals surface area contributed by atoms with Crippen molar-refractivity contribution in [1.82, 2.24) is 0 Å². The van der Waals surface area contributed by atoms with Gasteiger partial charge in [-0.15, -0.1) is 0 Å². The molecule has 32 heavy (non-hydrogen) atoms. The highest BCUT2D eigenvalue weighted by atomic mass is 16.5. The smallest absolute Gasteiger partial charge is 0.164 e. The zero-order chi connectivity index (χ0) is 22.6. The van der Waals surface area contributed by atoms with Crippen LogP contribution >= 0.6 is 0 Å². The Hall–Kier alpha value is -3.67. The van der Waals surface area contributed by atoms with Crippen LogP contribution < -0.4 is 24.7 Å². The van der Waals surface area contributed by atoms with Crippen LogP contribution in [0, 0.1) is 5.41 Å². The largest absolute Gasteiger partial charge is 0.494 e. The van der Waals surface area contributed by atoms with E-state index in [0.29, 0.717) is 36.9 Å². The summed E-state index contributed by atoms with van der Waals surface area (Å²) in [7, 11) is 1.63. The molecule has 0 unspecified atom stereocenters. The van der Waals surface area contributed by atoms with E-state index < -0.39 is 0 Å². The predicted molar refractivity (Wildman–Crippen MR) is 126 cm³/mol. The van der Waals surface area contributed by atoms with E-state index in [4.69, 9.17) is 30.1 Å². The number of hydrogen-bond acceptors (Lipinski definition) is 5. The summed E-state index contributed by atoms with van der Waals surface area (Å²) in [5.74, 6) is 2.95. The number of nitrogen functional groups attached to an aromatic ring is 1. The minimum Gasteiger partial charge on any atom is -0.494 e. The third kappa shape index (κ3) is 7.23. The summed E-state index contributed by atoms with van der Waals surface area (Å²) in [4.78, 5) is 0. The van der Waals surface area contributed by atoms with Gasteiger partial charge in [0.1, 0.15) is 23.9 Å². The van der Waals surface area contributed by atoms with Crippen molar-refractivity contribution in [2.45, 2.75) is 25.9 Å². The molecular weight excluding hydrogens is 404 g/mol. The van der Waals surface area contributed by atoms with E-state index in [2.05, 4.69) is 0 Å². The Kier molecular flexibility index (Phi) is 8.80. The van der Waals surface area contributed by atoms with E-state index in [1.165, 1.54) is 0 Å². The molecule has 168 valence electrons. The predicted octanol–water partition coefficient (Wildman–Crippen LogP) is 5.19. The van der Waals surface area contributed by atoms with Crippen LogP contribution in [0.1, 0.15) is 30.4 Å². The van der Waals surface area contributed by atoms with Gasteiger partial charge in [0, 0.05) is 11.6 Å². The highest BCUT2D eigenvalue weighted by molar-refractivity contribution is 5.94. The summed E-state index contributed by atoms with van der Waals surface area (Å²) in [6.07, 6.45) is 2.84. The second kappa shape index (κ2) is 12.2. The average molecular weight is 435 g/mol. The summed E-state index contributed by atoms with van der Waals surface area (Å²) in [5.41, 5.74) is 7.26. The van der Waals surface area contributed by atoms with Gasteiger partial charge in [-0.1, -0.05) is 30.3 Å². The van der Waals surface area contributed by atoms with Crippen LogP contribution in [0.25, 0.3) is 0 Å². The van der Waals surface area contributed by atoms with Crippen molar-refractivity contribution in [1.29, 1.82) is 5.41 Å². The van der Waals surface area contributed by atoms with Crippen LogP contribution in [-0.2, 0) is 6.61 Å². The number of benzene rings is 3. The molecule has 0 aliphatic rings. The van der Waals surface area contributed by atoms with Crippen molar-refractivity contribution in [2.24, 2.45) is 5.73 Å². The molecule has 0 spiro atoms. The Morgan fingerprint density at radius 1 is 0.750 bits per heavy atom. The lowest BCUT2D eigenvalue weighted by Crippen LogP contribution is -2.10. The number of unbranched alkanes of at least 4 members (excludes halogenated alkanes) is 2. The molecule has 0 amide bonds. The van der Waals surface area contributed by atoms with Crippen molar-refractivity contribution in [3.05, 3.63) is 83.9 Å². The van der Waals surface area contributed by atoms with E-state index in [0.717, 1.165) is 36.3 Å². The number of rotatable bonds is 13. The molecule has 3 N–H and O–H groups in total. The molecule has 0 saturated carbocycles. The molecule has 0 bridgehead atoms. The van der Waals surface area contributed by atoms with Gasteiger partial charge in [0.15, 0.2) is 11.5 Å². The van der Waals surface area contributed by atoms with Crippen LogP contribution in [0.5, 0.6) is 23.0 Å². The number of amidine groups is 1. The van der Waals surface area contributed by atoms with Crippen LogP contribution in [0.15, 0.2) is 72.8 Å². The lowest BCUT2D eigenvalue weighted by Gasteiger charge is -2.13. The highest BCUT2D eigenvalue weighted by Crippen LogP contribution is 2.31. The van der Waals surface area contributed by atoms with Gasteiger partial charge in [0.05, 0.1) is 20.3 Å². The summed E-state index contributed by atoms with van der Waals surface area (Å²) in [5, 5.41) is 7.40. The number of hydrogen-bond donors (Lipinski definition) is 2. The lowest BCUT2D eigenvalue weighted by atomic mass is 10.2. The van der Waals surface area contributed by atoms with Gasteiger partial charge in [-0.25, -0.2) is 0 Å². The van der Waals surface area contributed by atoms with E-state index >= 15 is 0 Å². The molecule has 3 aromatic carbocycles. The molecule has 0 atom stereocenters. The van der Waals surface area contributed by atoms with Crippen molar-refractivity contribution < 1.29 is 18.9 Å². The maximum absolute atomic E-state index is 7.40. The minimum atomic E-state index is 0.0579. The molecule has 6 heteroatoms. The molecule has 0 saturated heterocycles. The fourth-order valence-corrected chi connectivity index (χ4v) is 3.08. The Bertz CT molecular complexity index is 975. The van der Waals surface area contributed by atoms with Gasteiger partial charge in [-0.3, -0.25) is 5.41 Å². The molecule has 0 fully saturated rings. The summed E-state index contributed by atoms with van der Waals surface area (Å²) in [6, 6.07) is 22.9. The molecule has 0 heterocycles. The quantitative estimate of drug-likeness (QED) is 0.220. The normalized spacial score (nSPS) is 10.4. The SMILES string of the molecule is COc1cc(OCc2ccccc2)ccc1OCCCCCOc1ccc(C(=N)N)cc1. The topological polar surface area (TPSA) is 86.8 Å². The summed E-state index contributed by atoms with van der Waals surface area (Å²) in [6.45, 7) is 1.75. The number of ether oxygens (including phenoxy) is 4. The minimum absolute atomic E-state index is 0.0579. The van der Waals surface area contributed by atoms with Crippen molar-refractivity contribution in [3.8, 4) is 23.0 Å². The van der Waals surface area contributed by atoms with Crippen LogP contribution in [0.4, 0.5) is 0 Å². The van der Waals surface area contributed by atoms with Gasteiger partial charge in [0.25, 0.3) is 0 Å². The van der Waals surface area contributed by atoms with Crippen molar-refractivity contribution in [2.75, 3.05) is 20.3 Å². The molecule has 3 aromatic rings. The van der Waals surface area contributed by atoms with Gasteiger partial charge in [-0.2, -0.15) is 0 Å². The standard InChI is InChI=1S/C26H30N2O4/c1-29-25-18-23(32-19-20-8-4-2-5-9-20)14-15-24(25)31-17-7-3-6-16-30-22-12-10-21(11-13-22)26(27)28/h2,4-5,8-15,18H,3,6-7,16-17,19H2,1H3,(H3,27,28). The zero-order valence-electron chi connectivity index (χ0n) is 18.4. The fourth-order valence-electron chi connectivity index (χ4n) is 3.08. The van der Waals surface area contributed by atoms with Crippen LogP contribution in [0.2, 0.25) is 0 Å².